The maximum Gasteiger partial charge on any atom is 0.490 e. The van der Waals surface area contributed by atoms with Crippen molar-refractivity contribution in [3.05, 3.63) is 63.7 Å². The summed E-state index contributed by atoms with van der Waals surface area (Å²) in [4.78, 5) is 25.8. The Hall–Kier alpha value is -3.66. The number of carbonyl (C=O) groups is 2. The topological polar surface area (TPSA) is 129 Å². The van der Waals surface area contributed by atoms with Gasteiger partial charge in [0.05, 0.1) is 5.69 Å². The van der Waals surface area contributed by atoms with Gasteiger partial charge in [-0.25, -0.2) is 14.6 Å². The lowest BCUT2D eigenvalue weighted by Crippen LogP contribution is -2.21. The van der Waals surface area contributed by atoms with Crippen LogP contribution < -0.4 is 4.74 Å². The third-order valence-electron chi connectivity index (χ3n) is 4.24. The first-order chi connectivity index (χ1) is 16.8. The lowest BCUT2D eigenvalue weighted by atomic mass is 10.2. The van der Waals surface area contributed by atoms with Gasteiger partial charge in [0, 0.05) is 42.3 Å². The minimum Gasteiger partial charge on any atom is -0.475 e. The number of aromatic nitrogens is 3. The molecular weight excluding hydrogens is 522 g/mol. The van der Waals surface area contributed by atoms with Crippen LogP contribution in [0.5, 0.6) is 5.88 Å². The van der Waals surface area contributed by atoms with E-state index in [2.05, 4.69) is 37.6 Å². The molecule has 16 heteroatoms. The van der Waals surface area contributed by atoms with Crippen LogP contribution in [0.1, 0.15) is 21.8 Å². The fourth-order valence-corrected chi connectivity index (χ4v) is 3.44. The van der Waals surface area contributed by atoms with E-state index in [4.69, 9.17) is 24.5 Å². The normalized spacial score (nSPS) is 13.1. The van der Waals surface area contributed by atoms with E-state index in [1.54, 1.807) is 17.5 Å². The summed E-state index contributed by atoms with van der Waals surface area (Å²) in [5.41, 5.74) is 3.46. The maximum atomic E-state index is 10.6. The molecule has 9 nitrogen and oxygen atoms in total. The molecule has 0 aromatic carbocycles. The quantitative estimate of drug-likeness (QED) is 0.411. The summed E-state index contributed by atoms with van der Waals surface area (Å²) in [6.45, 7) is 3.28. The number of hydrogen-bond donors (Lipinski definition) is 3. The summed E-state index contributed by atoms with van der Waals surface area (Å²) in [6.07, 6.45) is -8.44. The van der Waals surface area contributed by atoms with Gasteiger partial charge in [-0.15, -0.1) is 11.3 Å². The van der Waals surface area contributed by atoms with Gasteiger partial charge in [0.15, 0.2) is 0 Å². The van der Waals surface area contributed by atoms with Gasteiger partial charge in [-0.2, -0.15) is 31.4 Å². The molecular formula is C20H18F6N4O5S. The third kappa shape index (κ3) is 9.18. The lowest BCUT2D eigenvalue weighted by molar-refractivity contribution is -0.193. The number of aromatic amines is 1. The van der Waals surface area contributed by atoms with Crippen molar-refractivity contribution in [2.24, 2.45) is 0 Å². The molecule has 0 unspecified atom stereocenters. The fraction of sp³-hybridized carbons (Fsp3) is 0.300. The summed E-state index contributed by atoms with van der Waals surface area (Å²) < 4.78 is 69.2. The Labute approximate surface area is 203 Å². The Balaban J connectivity index is 0.000000271. The number of nitrogens with one attached hydrogen (secondary N) is 1. The standard InChI is InChI=1S/C16H16N4OS.2C2HF3O2/c1-2-6-17-16(5-1)21-11-15-13-9-20(10-14(13)18-19-15)8-12-4-3-7-22-12;2*3-2(4,5)1(6)7/h1-7H,8-11H2,(H,18,19);2*(H,6,7). The van der Waals surface area contributed by atoms with Crippen molar-refractivity contribution in [2.75, 3.05) is 0 Å². The summed E-state index contributed by atoms with van der Waals surface area (Å²) in [5, 5.41) is 23.9. The van der Waals surface area contributed by atoms with E-state index < -0.39 is 24.3 Å². The van der Waals surface area contributed by atoms with Crippen LogP contribution in [-0.4, -0.2) is 54.6 Å². The number of rotatable bonds is 5. The average Bonchev–Trinajstić information content (AvgIpc) is 3.51. The number of ether oxygens (including phenoxy) is 1. The Morgan fingerprint density at radius 2 is 1.67 bits per heavy atom. The maximum absolute atomic E-state index is 10.6. The molecule has 1 aliphatic heterocycles. The smallest absolute Gasteiger partial charge is 0.475 e. The molecule has 0 saturated heterocycles. The number of alkyl halides is 6. The first kappa shape index (κ1) is 28.6. The van der Waals surface area contributed by atoms with E-state index in [0.717, 1.165) is 25.3 Å². The third-order valence-corrected chi connectivity index (χ3v) is 5.10. The molecule has 0 fully saturated rings. The zero-order chi connectivity index (χ0) is 26.9. The molecule has 196 valence electrons. The van der Waals surface area contributed by atoms with Gasteiger partial charge >= 0.3 is 24.3 Å². The Bertz CT molecular complexity index is 1100. The molecule has 0 aliphatic carbocycles. The van der Waals surface area contributed by atoms with Crippen molar-refractivity contribution in [3.8, 4) is 5.88 Å². The summed E-state index contributed by atoms with van der Waals surface area (Å²) in [5.74, 6) is -4.88. The summed E-state index contributed by atoms with van der Waals surface area (Å²) >= 11 is 1.80. The summed E-state index contributed by atoms with van der Waals surface area (Å²) in [7, 11) is 0. The Morgan fingerprint density at radius 3 is 2.17 bits per heavy atom. The van der Waals surface area contributed by atoms with E-state index in [-0.39, 0.29) is 0 Å². The van der Waals surface area contributed by atoms with Crippen molar-refractivity contribution < 1.29 is 50.9 Å². The molecule has 3 N–H and O–H groups in total. The molecule has 36 heavy (non-hydrogen) atoms. The van der Waals surface area contributed by atoms with Crippen LogP contribution in [0.2, 0.25) is 0 Å². The van der Waals surface area contributed by atoms with Crippen molar-refractivity contribution in [3.63, 3.8) is 0 Å². The zero-order valence-electron chi connectivity index (χ0n) is 18.0. The number of carboxylic acids is 2. The minimum absolute atomic E-state index is 0.454. The number of hydrogen-bond acceptors (Lipinski definition) is 7. The molecule has 4 heterocycles. The molecule has 0 radical (unpaired) electrons. The number of carboxylic acid groups (broad SMARTS) is 2. The van der Waals surface area contributed by atoms with Crippen molar-refractivity contribution >= 4 is 23.3 Å². The molecule has 0 bridgehead atoms. The average molecular weight is 540 g/mol. The predicted octanol–water partition coefficient (Wildman–Crippen LogP) is 4.23. The number of halogens is 6. The number of thiophene rings is 1. The molecule has 4 rings (SSSR count). The van der Waals surface area contributed by atoms with Gasteiger partial charge in [-0.3, -0.25) is 10.00 Å². The Morgan fingerprint density at radius 1 is 1.03 bits per heavy atom. The van der Waals surface area contributed by atoms with Crippen LogP contribution in [0, 0.1) is 0 Å². The van der Waals surface area contributed by atoms with Crippen molar-refractivity contribution in [2.45, 2.75) is 38.6 Å². The first-order valence-electron chi connectivity index (χ1n) is 9.71. The van der Waals surface area contributed by atoms with Gasteiger partial charge < -0.3 is 14.9 Å². The molecule has 3 aromatic heterocycles. The van der Waals surface area contributed by atoms with Crippen LogP contribution in [0.15, 0.2) is 41.9 Å². The number of H-pyrrole nitrogens is 1. The van der Waals surface area contributed by atoms with Crippen molar-refractivity contribution in [1.29, 1.82) is 0 Å². The van der Waals surface area contributed by atoms with Gasteiger partial charge in [0.25, 0.3) is 0 Å². The van der Waals surface area contributed by atoms with Gasteiger partial charge in [0.2, 0.25) is 5.88 Å². The molecule has 0 spiro atoms. The molecule has 3 aromatic rings. The van der Waals surface area contributed by atoms with Crippen LogP contribution in [0.25, 0.3) is 0 Å². The molecule has 0 atom stereocenters. The van der Waals surface area contributed by atoms with Crippen LogP contribution in [0.3, 0.4) is 0 Å². The largest absolute Gasteiger partial charge is 0.490 e. The summed E-state index contributed by atoms with van der Waals surface area (Å²) in [6, 6.07) is 9.93. The van der Waals surface area contributed by atoms with Crippen LogP contribution in [0.4, 0.5) is 26.3 Å². The second-order valence-corrected chi connectivity index (χ2v) is 7.95. The number of nitrogens with zero attached hydrogens (tertiary/aromatic N) is 3. The Kier molecular flexibility index (Phi) is 9.80. The zero-order valence-corrected chi connectivity index (χ0v) is 18.8. The lowest BCUT2D eigenvalue weighted by Gasteiger charge is -2.13. The number of fused-ring (bicyclic) bond motifs is 1. The minimum atomic E-state index is -5.08. The highest BCUT2D eigenvalue weighted by Crippen LogP contribution is 2.27. The fourth-order valence-electron chi connectivity index (χ4n) is 2.69. The first-order valence-corrected chi connectivity index (χ1v) is 10.6. The highest BCUT2D eigenvalue weighted by atomic mass is 32.1. The van der Waals surface area contributed by atoms with E-state index >= 15 is 0 Å². The molecule has 1 aliphatic rings. The number of aliphatic carboxylic acids is 2. The SMILES string of the molecule is O=C(O)C(F)(F)F.O=C(O)C(F)(F)F.c1ccc(OCc2n[nH]c3c2CN(Cc2cccs2)C3)nc1. The van der Waals surface area contributed by atoms with E-state index in [9.17, 15) is 26.3 Å². The van der Waals surface area contributed by atoms with Crippen LogP contribution in [-0.2, 0) is 35.8 Å². The van der Waals surface area contributed by atoms with E-state index in [1.165, 1.54) is 16.1 Å². The van der Waals surface area contributed by atoms with Crippen LogP contribution >= 0.6 is 11.3 Å². The molecule has 0 amide bonds. The highest BCUT2D eigenvalue weighted by Gasteiger charge is 2.38. The number of pyridine rings is 1. The predicted molar refractivity (Wildman–Crippen MR) is 112 cm³/mol. The van der Waals surface area contributed by atoms with E-state index in [1.807, 2.05) is 18.2 Å². The monoisotopic (exact) mass is 540 g/mol. The van der Waals surface area contributed by atoms with E-state index in [0.29, 0.717) is 12.5 Å². The van der Waals surface area contributed by atoms with Gasteiger partial charge in [-0.05, 0) is 17.5 Å². The van der Waals surface area contributed by atoms with Crippen molar-refractivity contribution in [1.82, 2.24) is 20.1 Å². The van der Waals surface area contributed by atoms with Gasteiger partial charge in [-0.1, -0.05) is 12.1 Å². The van der Waals surface area contributed by atoms with Gasteiger partial charge in [0.1, 0.15) is 12.3 Å². The second-order valence-electron chi connectivity index (χ2n) is 6.91. The highest BCUT2D eigenvalue weighted by molar-refractivity contribution is 7.09. The molecule has 0 saturated carbocycles. The second kappa shape index (κ2) is 12.3.